The number of carbonyl (C=O) groups is 1. The molecule has 3 aromatic rings. The Morgan fingerprint density at radius 3 is 1.87 bits per heavy atom. The van der Waals surface area contributed by atoms with Gasteiger partial charge in [-0.2, -0.15) is 38.2 Å². The van der Waals surface area contributed by atoms with Gasteiger partial charge in [-0.05, 0) is 106 Å². The average molecular weight is 1140 g/mol. The minimum Gasteiger partial charge on any atom is -0.492 e. The lowest BCUT2D eigenvalue weighted by atomic mass is 9.75. The van der Waals surface area contributed by atoms with E-state index in [9.17, 15) is 66.9 Å². The first-order valence-electron chi connectivity index (χ1n) is 25.0. The van der Waals surface area contributed by atoms with Gasteiger partial charge in [0.15, 0.2) is 5.71 Å². The lowest BCUT2D eigenvalue weighted by molar-refractivity contribution is -0.438. The summed E-state index contributed by atoms with van der Waals surface area (Å²) < 4.78 is 138. The fourth-order valence-corrected chi connectivity index (χ4v) is 12.1. The molecule has 2 aromatic carbocycles. The quantitative estimate of drug-likeness (QED) is 0.0180. The van der Waals surface area contributed by atoms with E-state index in [0.717, 1.165) is 17.0 Å². The Kier molecular flexibility index (Phi) is 19.9. The van der Waals surface area contributed by atoms with E-state index in [2.05, 4.69) is 4.58 Å². The summed E-state index contributed by atoms with van der Waals surface area (Å²) >= 11 is 0. The molecule has 19 nitrogen and oxygen atoms in total. The van der Waals surface area contributed by atoms with Gasteiger partial charge in [-0.1, -0.05) is 92.2 Å². The van der Waals surface area contributed by atoms with E-state index in [-0.39, 0.29) is 29.1 Å². The van der Waals surface area contributed by atoms with Crippen LogP contribution < -0.4 is 9.74 Å². The molecule has 6 N–H and O–H groups in total. The lowest BCUT2D eigenvalue weighted by Crippen LogP contribution is -2.31. The van der Waals surface area contributed by atoms with Gasteiger partial charge in [0.25, 0.3) is 40.5 Å². The van der Waals surface area contributed by atoms with E-state index in [1.807, 2.05) is 79.5 Å². The molecule has 1 aromatic heterocycles. The van der Waals surface area contributed by atoms with Crippen LogP contribution in [0.25, 0.3) is 0 Å². The smallest absolute Gasteiger partial charge is 0.333 e. The summed E-state index contributed by atoms with van der Waals surface area (Å²) in [7, 11) is -17.7. The number of carbonyl (C=O) groups excluding carboxylic acids is 1. The number of benzene rings is 2. The Balaban J connectivity index is 1.31. The number of hydrogen-bond donors (Lipinski definition) is 6. The number of rotatable bonds is 27. The number of unbranched alkanes of at least 4 members (excludes halogenated alkanes) is 4. The SMILES string of the molecule is CC1(CCCCS(=O)(=O)O)C(=CC=CC=CC=CC2=[N+](CCCC3=CC=CC=CC=C3)c3ccc(S(=O)(=O)O)cc3C2(C)CCCCS(=O)(=O)O)N(CCCCCC(=O)On2c(O)ccc2O)c2ccc(S(=O)(=O)O)cc21. The maximum absolute atomic E-state index is 12.5. The van der Waals surface area contributed by atoms with E-state index < -0.39 is 80.5 Å². The van der Waals surface area contributed by atoms with Crippen LogP contribution in [-0.2, 0) is 56.1 Å². The maximum Gasteiger partial charge on any atom is 0.333 e. The Bertz CT molecular complexity index is 3420. The van der Waals surface area contributed by atoms with Crippen LogP contribution in [0.1, 0.15) is 102 Å². The minimum atomic E-state index is -4.64. The van der Waals surface area contributed by atoms with Gasteiger partial charge in [0.1, 0.15) is 6.54 Å². The van der Waals surface area contributed by atoms with Crippen LogP contribution in [-0.4, -0.2) is 108 Å². The standard InChI is InChI=1S/C54H65N3O16S4/c1-53(33-15-18-37-74(61,62)63)44-39-42(76(67,68)69)27-29-46(44)55(35-17-9-14-26-52(60)73-57-50(58)31-32-51(57)59)48(53)24-12-7-4-8-13-25-49-54(2,34-16-19-38-75(64,65)66)45-40-43(77(70,71)72)28-30-47(45)56(49)36-20-23-41-21-10-5-3-6-11-22-41/h3-8,10-13,21-22,24-25,27-32,39-40H,9,14-20,23,26,33-38H2,1-2H3,(H5-,58,59,61,62,63,64,65,66,67,68,69,70,71,72)/p+1. The fourth-order valence-electron chi connectivity index (χ4n) is 9.98. The van der Waals surface area contributed by atoms with Crippen LogP contribution in [0.5, 0.6) is 11.8 Å². The van der Waals surface area contributed by atoms with Crippen molar-refractivity contribution in [3.05, 3.63) is 156 Å². The molecule has 0 fully saturated rings. The first kappa shape index (κ1) is 60.1. The first-order valence-corrected chi connectivity index (χ1v) is 31.1. The fraction of sp³-hybridized carbons (Fsp3) is 0.370. The number of nitrogens with zero attached hydrogens (tertiary/aromatic N) is 3. The molecule has 23 heteroatoms. The molecule has 77 heavy (non-hydrogen) atoms. The van der Waals surface area contributed by atoms with Crippen molar-refractivity contribution in [1.82, 2.24) is 4.73 Å². The van der Waals surface area contributed by atoms with Gasteiger partial charge >= 0.3 is 5.97 Å². The monoisotopic (exact) mass is 1140 g/mol. The van der Waals surface area contributed by atoms with E-state index >= 15 is 0 Å². The average Bonchev–Trinajstić information content (AvgIpc) is 4.08. The summed E-state index contributed by atoms with van der Waals surface area (Å²) in [6.07, 6.45) is 30.8. The third kappa shape index (κ3) is 16.2. The second-order valence-corrected chi connectivity index (χ2v) is 25.4. The van der Waals surface area contributed by atoms with Gasteiger partial charge in [0, 0.05) is 66.0 Å². The second-order valence-electron chi connectivity index (χ2n) is 19.4. The number of allylic oxidation sites excluding steroid dienone is 16. The Morgan fingerprint density at radius 2 is 1.22 bits per heavy atom. The predicted octanol–water partition coefficient (Wildman–Crippen LogP) is 8.80. The molecule has 0 spiro atoms. The third-order valence-corrected chi connectivity index (χ3v) is 17.1. The molecule has 0 saturated carbocycles. The van der Waals surface area contributed by atoms with Gasteiger partial charge in [-0.25, -0.2) is 4.79 Å². The number of aromatic nitrogens is 1. The van der Waals surface area contributed by atoms with Crippen molar-refractivity contribution in [2.24, 2.45) is 0 Å². The van der Waals surface area contributed by atoms with Crippen molar-refractivity contribution >= 4 is 63.5 Å². The topological polar surface area (TPSA) is 295 Å². The van der Waals surface area contributed by atoms with Gasteiger partial charge in [-0.3, -0.25) is 18.2 Å². The van der Waals surface area contributed by atoms with Crippen LogP contribution >= 0.6 is 0 Å². The van der Waals surface area contributed by atoms with Gasteiger partial charge < -0.3 is 20.0 Å². The van der Waals surface area contributed by atoms with Crippen molar-refractivity contribution in [3.8, 4) is 11.8 Å². The van der Waals surface area contributed by atoms with E-state index in [1.54, 1.807) is 36.4 Å². The van der Waals surface area contributed by atoms with Gasteiger partial charge in [0.05, 0.1) is 26.7 Å². The summed E-state index contributed by atoms with van der Waals surface area (Å²) in [5.41, 5.74) is 3.32. The van der Waals surface area contributed by atoms with Crippen LogP contribution in [0.2, 0.25) is 0 Å². The predicted molar refractivity (Wildman–Crippen MR) is 293 cm³/mol. The molecule has 0 amide bonds. The summed E-state index contributed by atoms with van der Waals surface area (Å²) in [5, 5.41) is 19.7. The Labute approximate surface area is 450 Å². The number of hydrogen-bond acceptors (Lipinski definition) is 13. The third-order valence-electron chi connectivity index (χ3n) is 13.8. The highest BCUT2D eigenvalue weighted by atomic mass is 32.2. The Hall–Kier alpha value is -6.18. The van der Waals surface area contributed by atoms with Crippen molar-refractivity contribution < 1.29 is 76.3 Å². The molecule has 2 unspecified atom stereocenters. The molecule has 2 atom stereocenters. The Morgan fingerprint density at radius 1 is 0.636 bits per heavy atom. The summed E-state index contributed by atoms with van der Waals surface area (Å²) in [5.74, 6) is -2.53. The lowest BCUT2D eigenvalue weighted by Gasteiger charge is -2.30. The zero-order valence-corrected chi connectivity index (χ0v) is 46.0. The van der Waals surface area contributed by atoms with Crippen LogP contribution in [0.15, 0.2) is 155 Å². The molecule has 2 aliphatic heterocycles. The van der Waals surface area contributed by atoms with Crippen LogP contribution in [0.3, 0.4) is 0 Å². The normalized spacial score (nSPS) is 19.5. The van der Waals surface area contributed by atoms with Crippen molar-refractivity contribution in [3.63, 3.8) is 0 Å². The first-order chi connectivity index (χ1) is 36.2. The molecular weight excluding hydrogens is 1070 g/mol. The van der Waals surface area contributed by atoms with Crippen molar-refractivity contribution in [1.29, 1.82) is 0 Å². The highest BCUT2D eigenvalue weighted by Gasteiger charge is 2.48. The largest absolute Gasteiger partial charge is 0.492 e. The van der Waals surface area contributed by atoms with Crippen molar-refractivity contribution in [2.75, 3.05) is 29.5 Å². The molecule has 0 radical (unpaired) electrons. The zero-order chi connectivity index (χ0) is 56.2. The second kappa shape index (κ2) is 25.5. The van der Waals surface area contributed by atoms with Crippen LogP contribution in [0, 0.1) is 0 Å². The van der Waals surface area contributed by atoms with E-state index in [0.29, 0.717) is 98.1 Å². The highest BCUT2D eigenvalue weighted by molar-refractivity contribution is 7.86. The molecule has 416 valence electrons. The number of aromatic hydroxyl groups is 2. The zero-order valence-electron chi connectivity index (χ0n) is 42.8. The highest BCUT2D eigenvalue weighted by Crippen LogP contribution is 2.52. The number of fused-ring (bicyclic) bond motifs is 2. The number of anilines is 1. The maximum atomic E-state index is 12.5. The molecule has 3 heterocycles. The summed E-state index contributed by atoms with van der Waals surface area (Å²) in [6.45, 7) is 4.71. The van der Waals surface area contributed by atoms with E-state index in [4.69, 9.17) is 4.84 Å². The molecule has 3 aliphatic rings. The molecule has 0 saturated heterocycles. The molecule has 1 aliphatic carbocycles. The van der Waals surface area contributed by atoms with Gasteiger partial charge in [-0.15, -0.1) is 4.73 Å². The molecule has 6 rings (SSSR count). The molecular formula is C54H66N3O16S4+. The molecule has 0 bridgehead atoms. The van der Waals surface area contributed by atoms with Crippen LogP contribution in [0.4, 0.5) is 11.4 Å². The summed E-state index contributed by atoms with van der Waals surface area (Å²) in [4.78, 5) is 19.0. The van der Waals surface area contributed by atoms with Gasteiger partial charge in [0.2, 0.25) is 17.4 Å². The summed E-state index contributed by atoms with van der Waals surface area (Å²) in [6, 6.07) is 11.1. The minimum absolute atomic E-state index is 0.0367. The van der Waals surface area contributed by atoms with E-state index in [1.165, 1.54) is 36.4 Å². The van der Waals surface area contributed by atoms with Crippen molar-refractivity contribution in [2.45, 2.75) is 112 Å².